The third-order valence-electron chi connectivity index (χ3n) is 8.55. The molecule has 150 valence electrons. The Morgan fingerprint density at radius 1 is 1.11 bits per heavy atom. The molecule has 6 heteroatoms. The number of hydrogen-bond donors (Lipinski definition) is 4. The molecule has 9 atom stereocenters. The molecule has 4 rings (SSSR count). The molecule has 3 fully saturated rings. The van der Waals surface area contributed by atoms with Gasteiger partial charge < -0.3 is 20.4 Å². The lowest BCUT2D eigenvalue weighted by Gasteiger charge is -2.61. The number of fused-ring (bicyclic) bond motifs is 5. The zero-order valence-electron chi connectivity index (χ0n) is 16.2. The predicted octanol–water partition coefficient (Wildman–Crippen LogP) is 0.751. The number of carbonyl (C=O) groups is 2. The van der Waals surface area contributed by atoms with Crippen molar-refractivity contribution in [2.45, 2.75) is 76.8 Å². The van der Waals surface area contributed by atoms with Crippen LogP contribution in [0.2, 0.25) is 0 Å². The van der Waals surface area contributed by atoms with Crippen molar-refractivity contribution in [3.63, 3.8) is 0 Å². The lowest BCUT2D eigenvalue weighted by Crippen LogP contribution is -2.64. The van der Waals surface area contributed by atoms with Gasteiger partial charge in [-0.1, -0.05) is 13.8 Å². The smallest absolute Gasteiger partial charge is 0.159 e. The van der Waals surface area contributed by atoms with Crippen LogP contribution in [0.5, 0.6) is 0 Å². The summed E-state index contributed by atoms with van der Waals surface area (Å²) < 4.78 is 0. The first kappa shape index (κ1) is 19.2. The second-order valence-corrected chi connectivity index (χ2v) is 9.86. The first-order valence-corrected chi connectivity index (χ1v) is 9.98. The van der Waals surface area contributed by atoms with Crippen LogP contribution in [0.4, 0.5) is 0 Å². The van der Waals surface area contributed by atoms with Gasteiger partial charge in [0, 0.05) is 23.2 Å². The molecular formula is C21H30O6. The third kappa shape index (κ3) is 2.27. The van der Waals surface area contributed by atoms with Crippen molar-refractivity contribution in [1.29, 1.82) is 0 Å². The number of ketones is 2. The number of Topliss-reactive ketones (excluding diaryl/α,β-unsaturated/α-hetero) is 1. The minimum atomic E-state index is -1.31. The van der Waals surface area contributed by atoms with E-state index in [0.717, 1.165) is 0 Å². The molecule has 0 aromatic rings. The van der Waals surface area contributed by atoms with Crippen LogP contribution in [0, 0.1) is 28.6 Å². The number of rotatable bonds is 1. The fourth-order valence-corrected chi connectivity index (χ4v) is 7.14. The van der Waals surface area contributed by atoms with E-state index in [9.17, 15) is 30.0 Å². The van der Waals surface area contributed by atoms with Crippen LogP contribution in [0.1, 0.15) is 52.9 Å². The Morgan fingerprint density at radius 2 is 1.78 bits per heavy atom. The Labute approximate surface area is 159 Å². The molecule has 0 heterocycles. The Kier molecular flexibility index (Phi) is 4.08. The van der Waals surface area contributed by atoms with Crippen LogP contribution in [0.3, 0.4) is 0 Å². The van der Waals surface area contributed by atoms with E-state index in [2.05, 4.69) is 0 Å². The zero-order chi connectivity index (χ0) is 19.9. The van der Waals surface area contributed by atoms with E-state index in [1.165, 1.54) is 13.0 Å². The molecular weight excluding hydrogens is 348 g/mol. The maximum Gasteiger partial charge on any atom is 0.159 e. The van der Waals surface area contributed by atoms with Crippen molar-refractivity contribution in [3.8, 4) is 0 Å². The van der Waals surface area contributed by atoms with Gasteiger partial charge >= 0.3 is 0 Å². The van der Waals surface area contributed by atoms with Gasteiger partial charge in [0.05, 0.1) is 23.9 Å². The number of carbonyl (C=O) groups excluding carboxylic acids is 2. The Morgan fingerprint density at radius 3 is 2.41 bits per heavy atom. The van der Waals surface area contributed by atoms with Gasteiger partial charge in [0.15, 0.2) is 5.78 Å². The van der Waals surface area contributed by atoms with E-state index >= 15 is 0 Å². The molecule has 0 amide bonds. The van der Waals surface area contributed by atoms with E-state index in [-0.39, 0.29) is 36.7 Å². The number of aliphatic hydroxyl groups is 4. The molecule has 3 saturated carbocycles. The first-order chi connectivity index (χ1) is 12.5. The molecule has 9 unspecified atom stereocenters. The van der Waals surface area contributed by atoms with E-state index in [1.807, 2.05) is 13.8 Å². The lowest BCUT2D eigenvalue weighted by atomic mass is 9.45. The highest BCUT2D eigenvalue weighted by atomic mass is 16.3. The van der Waals surface area contributed by atoms with Gasteiger partial charge in [-0.15, -0.1) is 0 Å². The minimum absolute atomic E-state index is 0.00195. The summed E-state index contributed by atoms with van der Waals surface area (Å²) in [5, 5.41) is 43.3. The topological polar surface area (TPSA) is 115 Å². The van der Waals surface area contributed by atoms with E-state index in [1.54, 1.807) is 0 Å². The molecule has 0 aromatic carbocycles. The van der Waals surface area contributed by atoms with Crippen LogP contribution in [-0.2, 0) is 9.59 Å². The van der Waals surface area contributed by atoms with Gasteiger partial charge in [-0.3, -0.25) is 9.59 Å². The van der Waals surface area contributed by atoms with Crippen LogP contribution < -0.4 is 0 Å². The monoisotopic (exact) mass is 378 g/mol. The summed E-state index contributed by atoms with van der Waals surface area (Å²) in [4.78, 5) is 25.2. The molecule has 6 nitrogen and oxygen atoms in total. The maximum absolute atomic E-state index is 13.0. The Hall–Kier alpha value is -1.08. The van der Waals surface area contributed by atoms with Crippen LogP contribution >= 0.6 is 0 Å². The third-order valence-corrected chi connectivity index (χ3v) is 8.55. The summed E-state index contributed by atoms with van der Waals surface area (Å²) in [6, 6.07) is 0. The zero-order valence-corrected chi connectivity index (χ0v) is 16.2. The molecule has 0 aliphatic heterocycles. The van der Waals surface area contributed by atoms with E-state index < -0.39 is 46.6 Å². The van der Waals surface area contributed by atoms with Gasteiger partial charge in [-0.05, 0) is 56.1 Å². The normalized spacial score (nSPS) is 54.6. The van der Waals surface area contributed by atoms with Crippen molar-refractivity contribution in [1.82, 2.24) is 0 Å². The highest BCUT2D eigenvalue weighted by molar-refractivity contribution is 5.95. The summed E-state index contributed by atoms with van der Waals surface area (Å²) in [6.07, 6.45) is 0.324. The SMILES string of the molecule is CC(=O)C1CCC2(O)C3=CC(=O)C4CC(O)C(O)CC4(C)C3C(O)CC12C. The molecule has 4 aliphatic carbocycles. The fraction of sp³-hybridized carbons (Fsp3) is 0.810. The van der Waals surface area contributed by atoms with Crippen LogP contribution in [0.25, 0.3) is 0 Å². The van der Waals surface area contributed by atoms with Crippen LogP contribution in [-0.4, -0.2) is 55.9 Å². The average Bonchev–Trinajstić information content (AvgIpc) is 2.82. The molecule has 4 N–H and O–H groups in total. The molecule has 0 aromatic heterocycles. The van der Waals surface area contributed by atoms with E-state index in [4.69, 9.17) is 0 Å². The molecule has 0 bridgehead atoms. The summed E-state index contributed by atoms with van der Waals surface area (Å²) in [7, 11) is 0. The Balaban J connectivity index is 1.85. The van der Waals surface area contributed by atoms with Crippen molar-refractivity contribution >= 4 is 11.6 Å². The highest BCUT2D eigenvalue weighted by Gasteiger charge is 2.69. The summed E-state index contributed by atoms with van der Waals surface area (Å²) in [5.74, 6) is -1.46. The standard InChI is InChI=1S/C21H30O6/c1-10(22)11-4-5-21(27)13-7-14(23)12-6-15(24)16(25)8-19(12,2)18(13)17(26)9-20(11,21)3/h7,11-12,15-18,24-27H,4-6,8-9H2,1-3H3. The average molecular weight is 378 g/mol. The minimum Gasteiger partial charge on any atom is -0.392 e. The molecule has 0 saturated heterocycles. The number of aliphatic hydroxyl groups excluding tert-OH is 3. The van der Waals surface area contributed by atoms with Gasteiger partial charge in [-0.25, -0.2) is 0 Å². The summed E-state index contributed by atoms with van der Waals surface area (Å²) in [5.41, 5.74) is -2.32. The van der Waals surface area contributed by atoms with Crippen LogP contribution in [0.15, 0.2) is 11.6 Å². The van der Waals surface area contributed by atoms with Gasteiger partial charge in [0.25, 0.3) is 0 Å². The fourth-order valence-electron chi connectivity index (χ4n) is 7.14. The maximum atomic E-state index is 13.0. The van der Waals surface area contributed by atoms with Gasteiger partial charge in [0.1, 0.15) is 5.78 Å². The highest BCUT2D eigenvalue weighted by Crippen LogP contribution is 2.67. The predicted molar refractivity (Wildman–Crippen MR) is 96.5 cm³/mol. The Bertz CT molecular complexity index is 730. The van der Waals surface area contributed by atoms with E-state index in [0.29, 0.717) is 18.4 Å². The molecule has 0 spiro atoms. The van der Waals surface area contributed by atoms with Gasteiger partial charge in [-0.2, -0.15) is 0 Å². The quantitative estimate of drug-likeness (QED) is 0.535. The number of hydrogen-bond acceptors (Lipinski definition) is 6. The van der Waals surface area contributed by atoms with Gasteiger partial charge in [0.2, 0.25) is 0 Å². The summed E-state index contributed by atoms with van der Waals surface area (Å²) >= 11 is 0. The summed E-state index contributed by atoms with van der Waals surface area (Å²) in [6.45, 7) is 5.26. The van der Waals surface area contributed by atoms with Crippen molar-refractivity contribution in [2.24, 2.45) is 28.6 Å². The number of allylic oxidation sites excluding steroid dienone is 1. The molecule has 4 aliphatic rings. The second-order valence-electron chi connectivity index (χ2n) is 9.86. The first-order valence-electron chi connectivity index (χ1n) is 9.98. The molecule has 0 radical (unpaired) electrons. The van der Waals surface area contributed by atoms with Crippen molar-refractivity contribution in [3.05, 3.63) is 11.6 Å². The van der Waals surface area contributed by atoms with Crippen molar-refractivity contribution in [2.75, 3.05) is 0 Å². The second kappa shape index (κ2) is 5.72. The lowest BCUT2D eigenvalue weighted by molar-refractivity contribution is -0.173. The largest absolute Gasteiger partial charge is 0.392 e. The van der Waals surface area contributed by atoms with Crippen molar-refractivity contribution < 1.29 is 30.0 Å². The molecule has 27 heavy (non-hydrogen) atoms.